The zero-order chi connectivity index (χ0) is 16.9. The summed E-state index contributed by atoms with van der Waals surface area (Å²) in [5, 5.41) is 2.98. The molecule has 2 atom stereocenters. The van der Waals surface area contributed by atoms with Crippen LogP contribution in [0.3, 0.4) is 0 Å². The second-order valence-corrected chi connectivity index (χ2v) is 6.15. The van der Waals surface area contributed by atoms with E-state index in [2.05, 4.69) is 22.2 Å². The molecule has 7 heteroatoms. The van der Waals surface area contributed by atoms with Crippen LogP contribution >= 0.6 is 0 Å². The molecular weight excluding hydrogens is 308 g/mol. The third-order valence-electron chi connectivity index (χ3n) is 4.44. The number of furan rings is 1. The molecule has 0 unspecified atom stereocenters. The minimum Gasteiger partial charge on any atom is -0.469 e. The highest BCUT2D eigenvalue weighted by Crippen LogP contribution is 2.27. The molecule has 130 valence electrons. The van der Waals surface area contributed by atoms with E-state index in [-0.39, 0.29) is 18.1 Å². The summed E-state index contributed by atoms with van der Waals surface area (Å²) in [7, 11) is 4.05. The highest BCUT2D eigenvalue weighted by atomic mass is 16.5. The van der Waals surface area contributed by atoms with E-state index < -0.39 is 0 Å². The van der Waals surface area contributed by atoms with Crippen molar-refractivity contribution >= 4 is 5.91 Å². The molecule has 0 aromatic carbocycles. The standard InChI is InChI=1S/C17H24N4O3/c1-20-7-9-24-15(17(20)14-10-18-12-21(14)2)11-19-16(22)6-5-13-4-3-8-23-13/h3-4,8,10,12,15,17H,5-7,9,11H2,1-2H3,(H,19,22)/t15-,17-/m0/s1. The normalized spacial score (nSPS) is 21.8. The second-order valence-electron chi connectivity index (χ2n) is 6.15. The minimum atomic E-state index is -0.0910. The molecule has 1 N–H and O–H groups in total. The molecule has 1 saturated heterocycles. The SMILES string of the molecule is CN1CCO[C@@H](CNC(=O)CCc2ccco2)[C@@H]1c1cncn1C. The van der Waals surface area contributed by atoms with Gasteiger partial charge in [0.2, 0.25) is 5.91 Å². The number of carbonyl (C=O) groups excluding carboxylic acids is 1. The van der Waals surface area contributed by atoms with E-state index in [1.165, 1.54) is 0 Å². The minimum absolute atomic E-state index is 0.00647. The van der Waals surface area contributed by atoms with Gasteiger partial charge in [0.15, 0.2) is 0 Å². The van der Waals surface area contributed by atoms with Crippen molar-refractivity contribution in [3.8, 4) is 0 Å². The van der Waals surface area contributed by atoms with Crippen LogP contribution in [0.4, 0.5) is 0 Å². The Bertz CT molecular complexity index is 653. The van der Waals surface area contributed by atoms with Gasteiger partial charge in [-0.2, -0.15) is 0 Å². The summed E-state index contributed by atoms with van der Waals surface area (Å²) in [5.41, 5.74) is 1.09. The maximum Gasteiger partial charge on any atom is 0.220 e. The third kappa shape index (κ3) is 3.85. The average molecular weight is 332 g/mol. The summed E-state index contributed by atoms with van der Waals surface area (Å²) in [6.45, 7) is 2.01. The van der Waals surface area contributed by atoms with Gasteiger partial charge in [-0.1, -0.05) is 0 Å². The number of imidazole rings is 1. The van der Waals surface area contributed by atoms with Crippen molar-refractivity contribution in [2.45, 2.75) is 25.0 Å². The molecule has 0 bridgehead atoms. The zero-order valence-electron chi connectivity index (χ0n) is 14.1. The fourth-order valence-electron chi connectivity index (χ4n) is 3.10. The molecule has 1 aliphatic heterocycles. The van der Waals surface area contributed by atoms with Gasteiger partial charge in [0, 0.05) is 39.2 Å². The number of aryl methyl sites for hydroxylation is 2. The van der Waals surface area contributed by atoms with E-state index in [4.69, 9.17) is 9.15 Å². The van der Waals surface area contributed by atoms with Crippen molar-refractivity contribution in [1.82, 2.24) is 19.8 Å². The summed E-state index contributed by atoms with van der Waals surface area (Å²) in [4.78, 5) is 18.5. The number of amides is 1. The Kier molecular flexibility index (Phi) is 5.32. The quantitative estimate of drug-likeness (QED) is 0.859. The van der Waals surface area contributed by atoms with E-state index >= 15 is 0 Å². The van der Waals surface area contributed by atoms with E-state index in [1.807, 2.05) is 29.9 Å². The molecule has 1 aliphatic rings. The van der Waals surface area contributed by atoms with Crippen LogP contribution in [0.25, 0.3) is 0 Å². The molecule has 2 aromatic heterocycles. The number of ether oxygens (including phenoxy) is 1. The first-order chi connectivity index (χ1) is 11.6. The molecule has 0 radical (unpaired) electrons. The van der Waals surface area contributed by atoms with Gasteiger partial charge in [-0.05, 0) is 19.2 Å². The van der Waals surface area contributed by atoms with Crippen molar-refractivity contribution in [3.05, 3.63) is 42.4 Å². The van der Waals surface area contributed by atoms with Gasteiger partial charge < -0.3 is 19.0 Å². The summed E-state index contributed by atoms with van der Waals surface area (Å²) < 4.78 is 13.2. The van der Waals surface area contributed by atoms with Crippen LogP contribution in [0, 0.1) is 0 Å². The van der Waals surface area contributed by atoms with Crippen LogP contribution in [-0.4, -0.2) is 53.2 Å². The largest absolute Gasteiger partial charge is 0.469 e. The predicted octanol–water partition coefficient (Wildman–Crippen LogP) is 1.13. The van der Waals surface area contributed by atoms with E-state index in [0.717, 1.165) is 18.0 Å². The Morgan fingerprint density at radius 2 is 2.33 bits per heavy atom. The maximum absolute atomic E-state index is 12.1. The molecule has 0 saturated carbocycles. The molecule has 0 aliphatic carbocycles. The van der Waals surface area contributed by atoms with Crippen LogP contribution in [0.5, 0.6) is 0 Å². The Hall–Kier alpha value is -2.12. The lowest BCUT2D eigenvalue weighted by Gasteiger charge is -2.39. The van der Waals surface area contributed by atoms with Crippen molar-refractivity contribution in [2.75, 3.05) is 26.7 Å². The van der Waals surface area contributed by atoms with Gasteiger partial charge in [0.05, 0.1) is 37.0 Å². The highest BCUT2D eigenvalue weighted by molar-refractivity contribution is 5.76. The Balaban J connectivity index is 1.56. The number of morpholine rings is 1. The van der Waals surface area contributed by atoms with Gasteiger partial charge >= 0.3 is 0 Å². The van der Waals surface area contributed by atoms with E-state index in [0.29, 0.717) is 26.0 Å². The van der Waals surface area contributed by atoms with Crippen LogP contribution in [0.2, 0.25) is 0 Å². The Labute approximate surface area is 141 Å². The van der Waals surface area contributed by atoms with Gasteiger partial charge in [0.25, 0.3) is 0 Å². The molecule has 3 rings (SSSR count). The van der Waals surface area contributed by atoms with Crippen molar-refractivity contribution in [2.24, 2.45) is 7.05 Å². The topological polar surface area (TPSA) is 72.5 Å². The van der Waals surface area contributed by atoms with E-state index in [1.54, 1.807) is 12.6 Å². The zero-order valence-corrected chi connectivity index (χ0v) is 14.1. The van der Waals surface area contributed by atoms with Gasteiger partial charge in [0.1, 0.15) is 5.76 Å². The lowest BCUT2D eigenvalue weighted by molar-refractivity contribution is -0.123. The number of carbonyl (C=O) groups is 1. The first kappa shape index (κ1) is 16.7. The molecule has 1 amide bonds. The molecule has 24 heavy (non-hydrogen) atoms. The lowest BCUT2D eigenvalue weighted by Crippen LogP contribution is -2.48. The van der Waals surface area contributed by atoms with Gasteiger partial charge in [-0.25, -0.2) is 4.98 Å². The molecular formula is C17H24N4O3. The first-order valence-corrected chi connectivity index (χ1v) is 8.22. The van der Waals surface area contributed by atoms with Crippen molar-refractivity contribution < 1.29 is 13.9 Å². The van der Waals surface area contributed by atoms with Crippen molar-refractivity contribution in [3.63, 3.8) is 0 Å². The van der Waals surface area contributed by atoms with E-state index in [9.17, 15) is 4.79 Å². The van der Waals surface area contributed by atoms with Crippen LogP contribution < -0.4 is 5.32 Å². The third-order valence-corrected chi connectivity index (χ3v) is 4.44. The number of hydrogen-bond donors (Lipinski definition) is 1. The summed E-state index contributed by atoms with van der Waals surface area (Å²) >= 11 is 0. The Morgan fingerprint density at radius 1 is 1.46 bits per heavy atom. The number of hydrogen-bond acceptors (Lipinski definition) is 5. The van der Waals surface area contributed by atoms with Gasteiger partial charge in [-0.3, -0.25) is 9.69 Å². The highest BCUT2D eigenvalue weighted by Gasteiger charge is 2.33. The fraction of sp³-hybridized carbons (Fsp3) is 0.529. The summed E-state index contributed by atoms with van der Waals surface area (Å²) in [5.74, 6) is 0.832. The molecule has 2 aromatic rings. The molecule has 3 heterocycles. The number of nitrogens with one attached hydrogen (secondary N) is 1. The monoisotopic (exact) mass is 332 g/mol. The Morgan fingerprint density at radius 3 is 3.04 bits per heavy atom. The molecule has 1 fully saturated rings. The molecule has 0 spiro atoms. The number of rotatable bonds is 6. The van der Waals surface area contributed by atoms with Crippen LogP contribution in [0.1, 0.15) is 23.9 Å². The predicted molar refractivity (Wildman–Crippen MR) is 88.4 cm³/mol. The average Bonchev–Trinajstić information content (AvgIpc) is 3.23. The lowest BCUT2D eigenvalue weighted by atomic mass is 10.0. The fourth-order valence-corrected chi connectivity index (χ4v) is 3.10. The van der Waals surface area contributed by atoms with Gasteiger partial charge in [-0.15, -0.1) is 0 Å². The first-order valence-electron chi connectivity index (χ1n) is 8.22. The molecule has 7 nitrogen and oxygen atoms in total. The van der Waals surface area contributed by atoms with Crippen molar-refractivity contribution in [1.29, 1.82) is 0 Å². The smallest absolute Gasteiger partial charge is 0.220 e. The number of nitrogens with zero attached hydrogens (tertiary/aromatic N) is 3. The summed E-state index contributed by atoms with van der Waals surface area (Å²) in [6, 6.07) is 3.79. The van der Waals surface area contributed by atoms with Crippen LogP contribution in [0.15, 0.2) is 35.3 Å². The van der Waals surface area contributed by atoms with Crippen LogP contribution in [-0.2, 0) is 23.0 Å². The summed E-state index contributed by atoms with van der Waals surface area (Å²) in [6.07, 6.45) is 6.20. The second kappa shape index (κ2) is 7.63. The maximum atomic E-state index is 12.1. The number of likely N-dealkylation sites (N-methyl/N-ethyl adjacent to an activating group) is 1. The number of aromatic nitrogens is 2.